The second-order valence-corrected chi connectivity index (χ2v) is 2.87. The van der Waals surface area contributed by atoms with Crippen LogP contribution in [0.25, 0.3) is 0 Å². The molecule has 0 aromatic rings. The van der Waals surface area contributed by atoms with Crippen LogP contribution in [-0.2, 0) is 0 Å². The average Bonchev–Trinajstić information content (AvgIpc) is 2.35. The van der Waals surface area contributed by atoms with Gasteiger partial charge in [0, 0.05) is 0 Å². The lowest BCUT2D eigenvalue weighted by Gasteiger charge is -1.92. The summed E-state index contributed by atoms with van der Waals surface area (Å²) in [6.07, 6.45) is 5.06. The minimum absolute atomic E-state index is 1.16. The maximum Gasteiger partial charge on any atom is -0.0399 e. The lowest BCUT2D eigenvalue weighted by Crippen LogP contribution is -1.71. The molecule has 0 aromatic carbocycles. The molecule has 17 heavy (non-hydrogen) atoms. The van der Waals surface area contributed by atoms with Gasteiger partial charge in [-0.15, -0.1) is 6.58 Å². The Morgan fingerprint density at radius 3 is 1.12 bits per heavy atom. The average molecular weight is 242 g/mol. The molecule has 0 nitrogen and oxygen atoms in total. The summed E-state index contributed by atoms with van der Waals surface area (Å²) >= 11 is 0. The van der Waals surface area contributed by atoms with Gasteiger partial charge in [-0.3, -0.25) is 0 Å². The molecule has 0 aliphatic rings. The highest BCUT2D eigenvalue weighted by molar-refractivity contribution is 5.22. The van der Waals surface area contributed by atoms with Crippen molar-refractivity contribution in [2.45, 2.75) is 75.7 Å². The minimum atomic E-state index is 1.16. The van der Waals surface area contributed by atoms with Crippen LogP contribution in [0.2, 0.25) is 0 Å². The molecule has 0 heterocycles. The molecule has 0 aliphatic carbocycles. The summed E-state index contributed by atoms with van der Waals surface area (Å²) in [7, 11) is 0. The van der Waals surface area contributed by atoms with E-state index in [1.54, 1.807) is 6.08 Å². The molecule has 0 saturated heterocycles. The lowest BCUT2D eigenvalue weighted by molar-refractivity contribution is 1.09. The number of hydrogen-bond acceptors (Lipinski definition) is 0. The zero-order chi connectivity index (χ0) is 15.3. The van der Waals surface area contributed by atoms with E-state index < -0.39 is 0 Å². The van der Waals surface area contributed by atoms with E-state index in [1.807, 2.05) is 48.5 Å². The molecule has 0 aromatic heterocycles. The first-order valence-corrected chi connectivity index (χ1v) is 6.87. The molecule has 0 unspecified atom stereocenters. The number of allylic oxidation sites excluding steroid dienone is 4. The summed E-state index contributed by atoms with van der Waals surface area (Å²) in [6, 6.07) is 0. The van der Waals surface area contributed by atoms with Gasteiger partial charge in [0.15, 0.2) is 0 Å². The monoisotopic (exact) mass is 242 g/mol. The van der Waals surface area contributed by atoms with Gasteiger partial charge in [-0.05, 0) is 27.7 Å². The molecule has 0 atom stereocenters. The van der Waals surface area contributed by atoms with Gasteiger partial charge in [0.25, 0.3) is 0 Å². The van der Waals surface area contributed by atoms with Gasteiger partial charge in [-0.1, -0.05) is 77.8 Å². The van der Waals surface area contributed by atoms with E-state index in [-0.39, 0.29) is 0 Å². The second kappa shape index (κ2) is 45.5. The Balaban J connectivity index is -0.0000000408. The van der Waals surface area contributed by atoms with Crippen molar-refractivity contribution in [3.05, 3.63) is 36.5 Å². The van der Waals surface area contributed by atoms with E-state index in [2.05, 4.69) is 40.0 Å². The first-order chi connectivity index (χ1) is 8.01. The van der Waals surface area contributed by atoms with E-state index in [0.717, 1.165) is 5.57 Å². The molecule has 0 aliphatic heterocycles. The summed E-state index contributed by atoms with van der Waals surface area (Å²) < 4.78 is 0. The topological polar surface area (TPSA) is 0 Å². The van der Waals surface area contributed by atoms with Crippen molar-refractivity contribution >= 4 is 0 Å². The van der Waals surface area contributed by atoms with Crippen molar-refractivity contribution in [3.8, 4) is 0 Å². The van der Waals surface area contributed by atoms with Gasteiger partial charge < -0.3 is 0 Å². The lowest BCUT2D eigenvalue weighted by atomic mass is 10.2. The molecule has 0 saturated carbocycles. The molecule has 0 radical (unpaired) electrons. The first-order valence-electron chi connectivity index (χ1n) is 6.87. The Labute approximate surface area is 113 Å². The first kappa shape index (κ1) is 29.8. The largest absolute Gasteiger partial charge is 0.103 e. The molecule has 0 heteroatoms. The second-order valence-electron chi connectivity index (χ2n) is 2.87. The van der Waals surface area contributed by atoms with Gasteiger partial charge in [-0.25, -0.2) is 0 Å². The van der Waals surface area contributed by atoms with Gasteiger partial charge in [0.1, 0.15) is 0 Å². The molecular weight excluding hydrogens is 204 g/mol. The third-order valence-corrected chi connectivity index (χ3v) is 1.11. The summed E-state index contributed by atoms with van der Waals surface area (Å²) in [4.78, 5) is 0. The predicted molar refractivity (Wildman–Crippen MR) is 88.8 cm³/mol. The standard InChI is InChI=1S/C7H12.C3H8.C3H6.2C2H6/c1-5-7(4)6(2)3;2*1-3-2;2*1-2/h5H,2H2,1,3-4H3;3H2,1-2H3;3H,1H2,2H3;2*1-2H3/b7-5-;;;;. The fourth-order valence-electron chi connectivity index (χ4n) is 0.246. The van der Waals surface area contributed by atoms with Crippen LogP contribution in [0.3, 0.4) is 0 Å². The summed E-state index contributed by atoms with van der Waals surface area (Å²) in [6.45, 7) is 27.3. The van der Waals surface area contributed by atoms with E-state index in [4.69, 9.17) is 0 Å². The molecule has 0 rings (SSSR count). The Hall–Kier alpha value is -0.780. The number of rotatable bonds is 1. The molecular formula is C17H38. The van der Waals surface area contributed by atoms with Crippen molar-refractivity contribution < 1.29 is 0 Å². The van der Waals surface area contributed by atoms with Crippen molar-refractivity contribution in [3.63, 3.8) is 0 Å². The summed E-state index contributed by atoms with van der Waals surface area (Å²) in [5.74, 6) is 0. The summed E-state index contributed by atoms with van der Waals surface area (Å²) in [5, 5.41) is 0. The van der Waals surface area contributed by atoms with Gasteiger partial charge in [-0.2, -0.15) is 0 Å². The molecule has 0 N–H and O–H groups in total. The van der Waals surface area contributed by atoms with E-state index >= 15 is 0 Å². The van der Waals surface area contributed by atoms with Crippen molar-refractivity contribution in [2.75, 3.05) is 0 Å². The fourth-order valence-corrected chi connectivity index (χ4v) is 0.246. The third kappa shape index (κ3) is 97.6. The van der Waals surface area contributed by atoms with Crippen LogP contribution in [0.5, 0.6) is 0 Å². The number of hydrogen-bond donors (Lipinski definition) is 0. The van der Waals surface area contributed by atoms with Crippen molar-refractivity contribution in [1.29, 1.82) is 0 Å². The quantitative estimate of drug-likeness (QED) is 0.337. The van der Waals surface area contributed by atoms with Crippen LogP contribution in [-0.4, -0.2) is 0 Å². The highest BCUT2D eigenvalue weighted by Gasteiger charge is 1.81. The molecule has 106 valence electrons. The predicted octanol–water partition coefficient (Wildman–Crippen LogP) is 7.19. The van der Waals surface area contributed by atoms with Crippen molar-refractivity contribution in [1.82, 2.24) is 0 Å². The third-order valence-electron chi connectivity index (χ3n) is 1.11. The molecule has 0 spiro atoms. The zero-order valence-electron chi connectivity index (χ0n) is 14.3. The van der Waals surface area contributed by atoms with E-state index in [9.17, 15) is 0 Å². The zero-order valence-corrected chi connectivity index (χ0v) is 14.3. The minimum Gasteiger partial charge on any atom is -0.103 e. The van der Waals surface area contributed by atoms with Crippen LogP contribution in [0.1, 0.15) is 75.7 Å². The van der Waals surface area contributed by atoms with Gasteiger partial charge >= 0.3 is 0 Å². The van der Waals surface area contributed by atoms with Crippen molar-refractivity contribution in [2.24, 2.45) is 0 Å². The molecule has 0 amide bonds. The van der Waals surface area contributed by atoms with Gasteiger partial charge in [0.05, 0.1) is 0 Å². The van der Waals surface area contributed by atoms with Crippen LogP contribution in [0, 0.1) is 0 Å². The maximum atomic E-state index is 3.76. The Kier molecular flexibility index (Phi) is 80.0. The van der Waals surface area contributed by atoms with Crippen LogP contribution in [0.15, 0.2) is 36.5 Å². The Morgan fingerprint density at radius 2 is 1.12 bits per heavy atom. The smallest absolute Gasteiger partial charge is 0.0399 e. The van der Waals surface area contributed by atoms with Crippen LogP contribution < -0.4 is 0 Å². The Bertz CT molecular complexity index is 138. The summed E-state index contributed by atoms with van der Waals surface area (Å²) in [5.41, 5.74) is 2.43. The fraction of sp³-hybridized carbons (Fsp3) is 0.647. The SMILES string of the molecule is C=C(C)/C(C)=C\C.C=CC.CC.CC.CCC. The highest BCUT2D eigenvalue weighted by Crippen LogP contribution is 2.02. The van der Waals surface area contributed by atoms with Crippen LogP contribution >= 0.6 is 0 Å². The molecule has 0 fully saturated rings. The molecule has 0 bridgehead atoms. The highest BCUT2D eigenvalue weighted by atomic mass is 13.9. The van der Waals surface area contributed by atoms with E-state index in [0.29, 0.717) is 0 Å². The normalized spacial score (nSPS) is 7.29. The van der Waals surface area contributed by atoms with Crippen LogP contribution in [0.4, 0.5) is 0 Å². The maximum absolute atomic E-state index is 3.76. The Morgan fingerprint density at radius 1 is 0.941 bits per heavy atom. The van der Waals surface area contributed by atoms with E-state index in [1.165, 1.54) is 12.0 Å². The van der Waals surface area contributed by atoms with Gasteiger partial charge in [0.2, 0.25) is 0 Å².